The maximum Gasteiger partial charge on any atom is 0.279 e. The average Bonchev–Trinajstić information content (AvgIpc) is 3.40. The maximum atomic E-state index is 13.1. The van der Waals surface area contributed by atoms with Crippen molar-refractivity contribution in [2.75, 3.05) is 10.6 Å². The topological polar surface area (TPSA) is 97.1 Å². The van der Waals surface area contributed by atoms with Gasteiger partial charge >= 0.3 is 0 Å². The fourth-order valence-electron chi connectivity index (χ4n) is 3.61. The lowest BCUT2D eigenvalue weighted by atomic mass is 10.1. The van der Waals surface area contributed by atoms with Gasteiger partial charge in [-0.05, 0) is 60.2 Å². The van der Waals surface area contributed by atoms with Crippen LogP contribution in [0.4, 0.5) is 11.5 Å². The van der Waals surface area contributed by atoms with Crippen LogP contribution in [0.1, 0.15) is 16.1 Å². The third kappa shape index (κ3) is 5.86. The van der Waals surface area contributed by atoms with Gasteiger partial charge in [0, 0.05) is 29.1 Å². The molecule has 0 bridgehead atoms. The summed E-state index contributed by atoms with van der Waals surface area (Å²) in [4.78, 5) is 34.1. The van der Waals surface area contributed by atoms with Gasteiger partial charge in [0.1, 0.15) is 5.82 Å². The third-order valence-corrected chi connectivity index (χ3v) is 5.41. The molecule has 3 aromatic carbocycles. The highest BCUT2D eigenvalue weighted by Gasteiger charge is 2.23. The molecule has 37 heavy (non-hydrogen) atoms. The number of anilines is 2. The van der Waals surface area contributed by atoms with Crippen LogP contribution in [0.3, 0.4) is 0 Å². The quantitative estimate of drug-likeness (QED) is 0.263. The number of nitrogens with zero attached hydrogens (tertiary/aromatic N) is 2. The lowest BCUT2D eigenvalue weighted by Gasteiger charge is -2.05. The average molecular weight is 487 g/mol. The second-order valence-corrected chi connectivity index (χ2v) is 8.04. The van der Waals surface area contributed by atoms with E-state index in [4.69, 9.17) is 4.42 Å². The van der Waals surface area contributed by atoms with E-state index in [0.29, 0.717) is 28.7 Å². The first-order valence-electron chi connectivity index (χ1n) is 11.6. The molecule has 0 spiro atoms. The van der Waals surface area contributed by atoms with Crippen molar-refractivity contribution >= 4 is 29.4 Å². The van der Waals surface area contributed by atoms with Crippen molar-refractivity contribution in [2.24, 2.45) is 0 Å². The summed E-state index contributed by atoms with van der Waals surface area (Å²) in [7, 11) is 0. The number of rotatable bonds is 7. The van der Waals surface area contributed by atoms with Crippen LogP contribution in [0.15, 0.2) is 120 Å². The van der Waals surface area contributed by atoms with Gasteiger partial charge in [-0.25, -0.2) is 9.97 Å². The fraction of sp³-hybridized carbons (Fsp3) is 0. The molecule has 5 rings (SSSR count). The monoisotopic (exact) mass is 486 g/mol. The van der Waals surface area contributed by atoms with Crippen molar-refractivity contribution in [3.63, 3.8) is 0 Å². The van der Waals surface area contributed by atoms with Gasteiger partial charge in [-0.2, -0.15) is 0 Å². The minimum Gasteiger partial charge on any atom is -0.435 e. The van der Waals surface area contributed by atoms with E-state index >= 15 is 0 Å². The van der Waals surface area contributed by atoms with E-state index in [1.165, 1.54) is 6.08 Å². The van der Waals surface area contributed by atoms with Crippen LogP contribution in [-0.2, 0) is 4.79 Å². The van der Waals surface area contributed by atoms with Crippen LogP contribution < -0.4 is 10.6 Å². The number of carbonyl (C=O) groups is 2. The minimum atomic E-state index is -0.442. The van der Waals surface area contributed by atoms with E-state index in [1.54, 1.807) is 54.7 Å². The molecule has 2 heterocycles. The highest BCUT2D eigenvalue weighted by Crippen LogP contribution is 2.31. The predicted octanol–water partition coefficient (Wildman–Crippen LogP) is 6.31. The second kappa shape index (κ2) is 11.0. The first kappa shape index (κ1) is 23.4. The van der Waals surface area contributed by atoms with Gasteiger partial charge in [0.05, 0.1) is 0 Å². The molecule has 0 saturated carbocycles. The summed E-state index contributed by atoms with van der Waals surface area (Å²) in [6.45, 7) is 0. The van der Waals surface area contributed by atoms with Crippen molar-refractivity contribution in [3.8, 4) is 22.8 Å². The molecule has 180 valence electrons. The highest BCUT2D eigenvalue weighted by molar-refractivity contribution is 6.06. The van der Waals surface area contributed by atoms with Gasteiger partial charge in [0.25, 0.3) is 5.91 Å². The highest BCUT2D eigenvalue weighted by atomic mass is 16.4. The van der Waals surface area contributed by atoms with Crippen LogP contribution >= 0.6 is 0 Å². The van der Waals surface area contributed by atoms with Gasteiger partial charge in [-0.15, -0.1) is 0 Å². The number of hydrogen-bond acceptors (Lipinski definition) is 5. The van der Waals surface area contributed by atoms with E-state index in [0.717, 1.165) is 11.1 Å². The summed E-state index contributed by atoms with van der Waals surface area (Å²) < 4.78 is 6.06. The number of hydrogen-bond donors (Lipinski definition) is 2. The molecule has 0 atom stereocenters. The molecule has 7 nitrogen and oxygen atoms in total. The Kier molecular flexibility index (Phi) is 6.95. The lowest BCUT2D eigenvalue weighted by molar-refractivity contribution is -0.111. The SMILES string of the molecule is O=C(C=Cc1ccccc1)Nc1ccc(-c2oc(-c3ccccc3)nc2C(=O)Nc2ccccn2)cc1. The molecule has 2 aromatic heterocycles. The summed E-state index contributed by atoms with van der Waals surface area (Å²) >= 11 is 0. The van der Waals surface area contributed by atoms with Crippen molar-refractivity contribution in [2.45, 2.75) is 0 Å². The van der Waals surface area contributed by atoms with E-state index in [9.17, 15) is 9.59 Å². The van der Waals surface area contributed by atoms with Crippen LogP contribution in [0.2, 0.25) is 0 Å². The van der Waals surface area contributed by atoms with Crippen LogP contribution in [0, 0.1) is 0 Å². The second-order valence-electron chi connectivity index (χ2n) is 8.04. The molecular formula is C30H22N4O3. The minimum absolute atomic E-state index is 0.132. The van der Waals surface area contributed by atoms with Crippen molar-refractivity contribution in [1.82, 2.24) is 9.97 Å². The third-order valence-electron chi connectivity index (χ3n) is 5.41. The number of oxazole rings is 1. The van der Waals surface area contributed by atoms with Crippen molar-refractivity contribution in [3.05, 3.63) is 127 Å². The van der Waals surface area contributed by atoms with Gasteiger partial charge in [-0.1, -0.05) is 54.6 Å². The summed E-state index contributed by atoms with van der Waals surface area (Å²) in [5, 5.41) is 5.59. The van der Waals surface area contributed by atoms with Crippen LogP contribution in [-0.4, -0.2) is 21.8 Å². The molecule has 0 aliphatic rings. The number of amides is 2. The summed E-state index contributed by atoms with van der Waals surface area (Å²) in [5.74, 6) is 0.352. The van der Waals surface area contributed by atoms with E-state index in [2.05, 4.69) is 20.6 Å². The van der Waals surface area contributed by atoms with Crippen molar-refractivity contribution < 1.29 is 14.0 Å². The van der Waals surface area contributed by atoms with Gasteiger partial charge in [0.15, 0.2) is 11.5 Å². The Bertz CT molecular complexity index is 1530. The van der Waals surface area contributed by atoms with Crippen LogP contribution in [0.25, 0.3) is 28.9 Å². The Labute approximate surface area is 213 Å². The zero-order chi connectivity index (χ0) is 25.5. The van der Waals surface area contributed by atoms with Crippen LogP contribution in [0.5, 0.6) is 0 Å². The molecule has 2 amide bonds. The van der Waals surface area contributed by atoms with E-state index < -0.39 is 5.91 Å². The van der Waals surface area contributed by atoms with Gasteiger partial charge in [0.2, 0.25) is 11.8 Å². The standard InChI is InChI=1S/C30H22N4O3/c35-26(19-14-21-9-3-1-4-10-21)32-24-17-15-22(16-18-24)28-27(29(36)33-25-13-7-8-20-31-25)34-30(37-28)23-11-5-2-6-12-23/h1-20H,(H,32,35)(H,31,33,36). The molecule has 0 radical (unpaired) electrons. The fourth-order valence-corrected chi connectivity index (χ4v) is 3.61. The van der Waals surface area contributed by atoms with Crippen molar-refractivity contribution in [1.29, 1.82) is 0 Å². The molecule has 7 heteroatoms. The molecule has 2 N–H and O–H groups in total. The Morgan fingerprint density at radius 2 is 1.43 bits per heavy atom. The number of carbonyl (C=O) groups excluding carboxylic acids is 2. The summed E-state index contributed by atoms with van der Waals surface area (Å²) in [5.41, 5.74) is 3.05. The number of nitrogens with one attached hydrogen (secondary N) is 2. The Hall–Kier alpha value is -5.30. The molecular weight excluding hydrogens is 464 g/mol. The maximum absolute atomic E-state index is 13.1. The predicted molar refractivity (Wildman–Crippen MR) is 144 cm³/mol. The molecule has 0 fully saturated rings. The number of benzene rings is 3. The molecule has 0 unspecified atom stereocenters. The summed E-state index contributed by atoms with van der Waals surface area (Å²) in [6, 6.07) is 31.2. The number of pyridine rings is 1. The largest absolute Gasteiger partial charge is 0.435 e. The van der Waals surface area contributed by atoms with E-state index in [-0.39, 0.29) is 11.6 Å². The van der Waals surface area contributed by atoms with E-state index in [1.807, 2.05) is 60.7 Å². The smallest absolute Gasteiger partial charge is 0.279 e. The summed E-state index contributed by atoms with van der Waals surface area (Å²) in [6.07, 6.45) is 4.82. The Balaban J connectivity index is 1.39. The van der Waals surface area contributed by atoms with Gasteiger partial charge in [-0.3, -0.25) is 9.59 Å². The molecule has 0 saturated heterocycles. The molecule has 0 aliphatic carbocycles. The van der Waals surface area contributed by atoms with Gasteiger partial charge < -0.3 is 15.1 Å². The Morgan fingerprint density at radius 3 is 2.14 bits per heavy atom. The zero-order valence-electron chi connectivity index (χ0n) is 19.7. The first-order chi connectivity index (χ1) is 18.2. The molecule has 0 aliphatic heterocycles. The Morgan fingerprint density at radius 1 is 0.730 bits per heavy atom. The normalized spacial score (nSPS) is 10.8. The zero-order valence-corrected chi connectivity index (χ0v) is 19.7. The molecule has 5 aromatic rings. The number of aromatic nitrogens is 2. The lowest BCUT2D eigenvalue weighted by Crippen LogP contribution is -2.14. The first-order valence-corrected chi connectivity index (χ1v) is 11.6.